The molecule has 0 fully saturated rings. The fourth-order valence-corrected chi connectivity index (χ4v) is 2.33. The number of furan rings is 1. The van der Waals surface area contributed by atoms with Gasteiger partial charge in [0.25, 0.3) is 0 Å². The van der Waals surface area contributed by atoms with Crippen molar-refractivity contribution in [3.63, 3.8) is 0 Å². The van der Waals surface area contributed by atoms with E-state index in [9.17, 15) is 0 Å². The van der Waals surface area contributed by atoms with Crippen molar-refractivity contribution in [2.75, 3.05) is 5.73 Å². The molecule has 3 N–H and O–H groups in total. The minimum absolute atomic E-state index is 0.486. The van der Waals surface area contributed by atoms with Crippen LogP contribution in [0.4, 0.5) is 5.82 Å². The summed E-state index contributed by atoms with van der Waals surface area (Å²) in [5, 5.41) is 7.10. The Bertz CT molecular complexity index is 740. The van der Waals surface area contributed by atoms with Crippen LogP contribution in [0.5, 0.6) is 0 Å². The largest absolute Gasteiger partial charge is 0.459 e. The molecule has 20 heavy (non-hydrogen) atoms. The molecule has 4 heteroatoms. The van der Waals surface area contributed by atoms with Crippen molar-refractivity contribution in [3.05, 3.63) is 47.7 Å². The summed E-state index contributed by atoms with van der Waals surface area (Å²) in [7, 11) is 0. The van der Waals surface area contributed by atoms with E-state index < -0.39 is 0 Å². The lowest BCUT2D eigenvalue weighted by Gasteiger charge is -2.04. The highest BCUT2D eigenvalue weighted by molar-refractivity contribution is 5.86. The van der Waals surface area contributed by atoms with E-state index in [0.717, 1.165) is 34.8 Å². The number of aromatic nitrogens is 2. The van der Waals surface area contributed by atoms with Gasteiger partial charge in [-0.25, -0.2) is 0 Å². The van der Waals surface area contributed by atoms with Crippen molar-refractivity contribution in [2.45, 2.75) is 20.3 Å². The first-order valence-electron chi connectivity index (χ1n) is 6.69. The van der Waals surface area contributed by atoms with E-state index in [4.69, 9.17) is 10.2 Å². The van der Waals surface area contributed by atoms with Crippen LogP contribution in [0.2, 0.25) is 0 Å². The predicted molar refractivity (Wildman–Crippen MR) is 80.3 cm³/mol. The number of benzene rings is 1. The number of nitrogen functional groups attached to an aromatic ring is 1. The highest BCUT2D eigenvalue weighted by atomic mass is 16.3. The van der Waals surface area contributed by atoms with Crippen LogP contribution in [0.15, 0.2) is 40.8 Å². The van der Waals surface area contributed by atoms with E-state index in [0.29, 0.717) is 5.82 Å². The first kappa shape index (κ1) is 12.5. The van der Waals surface area contributed by atoms with Crippen molar-refractivity contribution in [3.8, 4) is 22.6 Å². The molecule has 2 aromatic heterocycles. The summed E-state index contributed by atoms with van der Waals surface area (Å²) < 4.78 is 5.80. The van der Waals surface area contributed by atoms with Crippen LogP contribution in [0.3, 0.4) is 0 Å². The second kappa shape index (κ2) is 4.89. The number of hydrogen-bond acceptors (Lipinski definition) is 3. The predicted octanol–water partition coefficient (Wildman–Crippen LogP) is 3.79. The van der Waals surface area contributed by atoms with Crippen LogP contribution in [-0.2, 0) is 6.42 Å². The van der Waals surface area contributed by atoms with Gasteiger partial charge in [0.2, 0.25) is 0 Å². The maximum absolute atomic E-state index is 6.02. The molecule has 0 radical (unpaired) electrons. The maximum Gasteiger partial charge on any atom is 0.153 e. The number of anilines is 1. The molecule has 0 unspecified atom stereocenters. The first-order valence-corrected chi connectivity index (χ1v) is 6.69. The van der Waals surface area contributed by atoms with Crippen LogP contribution in [0, 0.1) is 6.92 Å². The van der Waals surface area contributed by atoms with Gasteiger partial charge in [0.15, 0.2) is 11.6 Å². The lowest BCUT2D eigenvalue weighted by Crippen LogP contribution is -1.89. The normalized spacial score (nSPS) is 10.9. The highest BCUT2D eigenvalue weighted by Crippen LogP contribution is 2.35. The van der Waals surface area contributed by atoms with Crippen LogP contribution >= 0.6 is 0 Å². The van der Waals surface area contributed by atoms with Gasteiger partial charge in [-0.3, -0.25) is 5.10 Å². The van der Waals surface area contributed by atoms with Crippen molar-refractivity contribution < 1.29 is 4.42 Å². The van der Waals surface area contributed by atoms with Gasteiger partial charge in [0, 0.05) is 6.42 Å². The van der Waals surface area contributed by atoms with Crippen LogP contribution < -0.4 is 5.73 Å². The van der Waals surface area contributed by atoms with Crippen molar-refractivity contribution in [2.24, 2.45) is 0 Å². The minimum atomic E-state index is 0.486. The molecular weight excluding hydrogens is 250 g/mol. The SMILES string of the molecule is CCc1ccc(-c2[nH]nc(N)c2-c2cccc(C)c2)o1. The monoisotopic (exact) mass is 267 g/mol. The van der Waals surface area contributed by atoms with Crippen LogP contribution in [0.25, 0.3) is 22.6 Å². The zero-order valence-electron chi connectivity index (χ0n) is 11.6. The number of nitrogens with zero attached hydrogens (tertiary/aromatic N) is 1. The summed E-state index contributed by atoms with van der Waals surface area (Å²) in [5.41, 5.74) is 9.96. The molecule has 0 bridgehead atoms. The Balaban J connectivity index is 2.14. The molecule has 3 aromatic rings. The molecule has 0 aliphatic heterocycles. The molecule has 0 atom stereocenters. The van der Waals surface area contributed by atoms with E-state index in [1.807, 2.05) is 24.3 Å². The number of nitrogens with two attached hydrogens (primary N) is 1. The lowest BCUT2D eigenvalue weighted by molar-refractivity contribution is 0.527. The van der Waals surface area contributed by atoms with E-state index in [1.54, 1.807) is 0 Å². The molecular formula is C16H17N3O. The Morgan fingerprint density at radius 1 is 1.25 bits per heavy atom. The third-order valence-electron chi connectivity index (χ3n) is 3.36. The number of nitrogens with one attached hydrogen (secondary N) is 1. The van der Waals surface area contributed by atoms with Crippen molar-refractivity contribution in [1.29, 1.82) is 0 Å². The molecule has 2 heterocycles. The number of aromatic amines is 1. The van der Waals surface area contributed by atoms with Crippen LogP contribution in [-0.4, -0.2) is 10.2 Å². The van der Waals surface area contributed by atoms with E-state index in [1.165, 1.54) is 5.56 Å². The molecule has 4 nitrogen and oxygen atoms in total. The summed E-state index contributed by atoms with van der Waals surface area (Å²) in [6, 6.07) is 12.1. The van der Waals surface area contributed by atoms with E-state index in [-0.39, 0.29) is 0 Å². The molecule has 0 spiro atoms. The fourth-order valence-electron chi connectivity index (χ4n) is 2.33. The number of rotatable bonds is 3. The third kappa shape index (κ3) is 2.09. The molecule has 0 aliphatic rings. The second-order valence-electron chi connectivity index (χ2n) is 4.85. The molecule has 102 valence electrons. The summed E-state index contributed by atoms with van der Waals surface area (Å²) in [6.07, 6.45) is 0.864. The highest BCUT2D eigenvalue weighted by Gasteiger charge is 2.17. The molecule has 0 aliphatic carbocycles. The van der Waals surface area contributed by atoms with E-state index >= 15 is 0 Å². The van der Waals surface area contributed by atoms with Gasteiger partial charge in [-0.05, 0) is 24.6 Å². The Labute approximate surface area is 117 Å². The third-order valence-corrected chi connectivity index (χ3v) is 3.36. The van der Waals surface area contributed by atoms with Gasteiger partial charge in [-0.1, -0.05) is 36.8 Å². The Hall–Kier alpha value is -2.49. The zero-order chi connectivity index (χ0) is 14.1. The number of H-pyrrole nitrogens is 1. The van der Waals surface area contributed by atoms with Gasteiger partial charge in [-0.15, -0.1) is 0 Å². The smallest absolute Gasteiger partial charge is 0.153 e. The number of hydrogen-bond donors (Lipinski definition) is 2. The number of aryl methyl sites for hydroxylation is 2. The Morgan fingerprint density at radius 3 is 2.80 bits per heavy atom. The summed E-state index contributed by atoms with van der Waals surface area (Å²) >= 11 is 0. The average molecular weight is 267 g/mol. The quantitative estimate of drug-likeness (QED) is 0.758. The lowest BCUT2D eigenvalue weighted by atomic mass is 10.0. The molecule has 0 saturated heterocycles. The Kier molecular flexibility index (Phi) is 3.06. The van der Waals surface area contributed by atoms with Gasteiger partial charge in [0.1, 0.15) is 11.5 Å². The Morgan fingerprint density at radius 2 is 2.10 bits per heavy atom. The van der Waals surface area contributed by atoms with Crippen molar-refractivity contribution >= 4 is 5.82 Å². The van der Waals surface area contributed by atoms with Crippen LogP contribution in [0.1, 0.15) is 18.2 Å². The summed E-state index contributed by atoms with van der Waals surface area (Å²) in [4.78, 5) is 0. The van der Waals surface area contributed by atoms with Crippen molar-refractivity contribution in [1.82, 2.24) is 10.2 Å². The molecule has 3 rings (SSSR count). The fraction of sp³-hybridized carbons (Fsp3) is 0.188. The minimum Gasteiger partial charge on any atom is -0.459 e. The standard InChI is InChI=1S/C16H17N3O/c1-3-12-7-8-13(20-12)15-14(16(17)19-18-15)11-6-4-5-10(2)9-11/h4-9H,3H2,1-2H3,(H3,17,18,19). The second-order valence-corrected chi connectivity index (χ2v) is 4.85. The summed E-state index contributed by atoms with van der Waals surface area (Å²) in [6.45, 7) is 4.12. The van der Waals surface area contributed by atoms with Gasteiger partial charge in [-0.2, -0.15) is 5.10 Å². The maximum atomic E-state index is 6.02. The first-order chi connectivity index (χ1) is 9.69. The summed E-state index contributed by atoms with van der Waals surface area (Å²) in [5.74, 6) is 2.20. The van der Waals surface area contributed by atoms with E-state index in [2.05, 4.69) is 36.2 Å². The molecule has 1 aromatic carbocycles. The average Bonchev–Trinajstić information content (AvgIpc) is 3.04. The molecule has 0 amide bonds. The molecule has 0 saturated carbocycles. The van der Waals surface area contributed by atoms with Gasteiger partial charge in [0.05, 0.1) is 5.56 Å². The topological polar surface area (TPSA) is 67.8 Å². The van der Waals surface area contributed by atoms with Gasteiger partial charge < -0.3 is 10.2 Å². The zero-order valence-corrected chi connectivity index (χ0v) is 11.6. The van der Waals surface area contributed by atoms with Gasteiger partial charge >= 0.3 is 0 Å².